The summed E-state index contributed by atoms with van der Waals surface area (Å²) in [6, 6.07) is 4.19. The molecule has 0 radical (unpaired) electrons. The standard InChI is InChI=1S/C7H10N2/c1-3-7-8-4-2-6-9(7)5-1/h1,3,5,8H,2,4,6H2. The number of nitrogens with zero attached hydrogens (tertiary/aromatic N) is 1. The Hall–Kier alpha value is -0.920. The number of nitrogens with one attached hydrogen (secondary N) is 1. The molecule has 2 heteroatoms. The van der Waals surface area contributed by atoms with Gasteiger partial charge in [0.1, 0.15) is 5.82 Å². The minimum atomic E-state index is 1.13. The van der Waals surface area contributed by atoms with Gasteiger partial charge in [-0.15, -0.1) is 0 Å². The van der Waals surface area contributed by atoms with Crippen LogP contribution >= 0.6 is 0 Å². The fourth-order valence-corrected chi connectivity index (χ4v) is 1.24. The van der Waals surface area contributed by atoms with Gasteiger partial charge < -0.3 is 9.88 Å². The van der Waals surface area contributed by atoms with E-state index in [2.05, 4.69) is 28.2 Å². The molecule has 1 N–H and O–H groups in total. The van der Waals surface area contributed by atoms with Gasteiger partial charge in [-0.25, -0.2) is 0 Å². The first kappa shape index (κ1) is 4.91. The third kappa shape index (κ3) is 0.707. The predicted octanol–water partition coefficient (Wildman–Crippen LogP) is 1.30. The Morgan fingerprint density at radius 1 is 1.56 bits per heavy atom. The molecule has 1 aromatic rings. The molecule has 1 aromatic heterocycles. The van der Waals surface area contributed by atoms with E-state index in [1.165, 1.54) is 18.8 Å². The van der Waals surface area contributed by atoms with Crippen LogP contribution in [-0.4, -0.2) is 11.1 Å². The van der Waals surface area contributed by atoms with Crippen LogP contribution in [0.1, 0.15) is 6.42 Å². The maximum Gasteiger partial charge on any atom is 0.105 e. The Morgan fingerprint density at radius 2 is 2.56 bits per heavy atom. The summed E-state index contributed by atoms with van der Waals surface area (Å²) >= 11 is 0. The van der Waals surface area contributed by atoms with E-state index in [1.54, 1.807) is 0 Å². The Bertz CT molecular complexity index is 182. The molecular formula is C7H10N2. The molecule has 0 amide bonds. The summed E-state index contributed by atoms with van der Waals surface area (Å²) in [5, 5.41) is 3.31. The second-order valence-electron chi connectivity index (χ2n) is 2.37. The lowest BCUT2D eigenvalue weighted by Gasteiger charge is -2.16. The van der Waals surface area contributed by atoms with E-state index < -0.39 is 0 Å². The van der Waals surface area contributed by atoms with Crippen molar-refractivity contribution < 1.29 is 0 Å². The summed E-state index contributed by atoms with van der Waals surface area (Å²) in [4.78, 5) is 0. The van der Waals surface area contributed by atoms with E-state index in [1.807, 2.05) is 0 Å². The van der Waals surface area contributed by atoms with Crippen molar-refractivity contribution in [3.8, 4) is 0 Å². The summed E-state index contributed by atoms with van der Waals surface area (Å²) in [5.41, 5.74) is 0. The number of aryl methyl sites for hydroxylation is 1. The topological polar surface area (TPSA) is 17.0 Å². The Morgan fingerprint density at radius 3 is 3.44 bits per heavy atom. The average molecular weight is 122 g/mol. The van der Waals surface area contributed by atoms with Crippen molar-refractivity contribution in [1.29, 1.82) is 0 Å². The van der Waals surface area contributed by atoms with Crippen molar-refractivity contribution in [2.24, 2.45) is 0 Å². The van der Waals surface area contributed by atoms with Gasteiger partial charge in [0.15, 0.2) is 0 Å². The minimum absolute atomic E-state index is 1.13. The molecule has 0 aromatic carbocycles. The number of anilines is 1. The van der Waals surface area contributed by atoms with Gasteiger partial charge in [0.25, 0.3) is 0 Å². The van der Waals surface area contributed by atoms with Crippen molar-refractivity contribution >= 4 is 5.82 Å². The van der Waals surface area contributed by atoms with Gasteiger partial charge in [0, 0.05) is 19.3 Å². The summed E-state index contributed by atoms with van der Waals surface area (Å²) in [5.74, 6) is 1.27. The molecule has 0 aliphatic carbocycles. The van der Waals surface area contributed by atoms with Crippen LogP contribution in [0.2, 0.25) is 0 Å². The van der Waals surface area contributed by atoms with Crippen LogP contribution in [0.5, 0.6) is 0 Å². The zero-order chi connectivity index (χ0) is 6.10. The Labute approximate surface area is 54.5 Å². The zero-order valence-electron chi connectivity index (χ0n) is 5.30. The lowest BCUT2D eigenvalue weighted by atomic mass is 10.3. The highest BCUT2D eigenvalue weighted by molar-refractivity contribution is 5.37. The van der Waals surface area contributed by atoms with E-state index in [-0.39, 0.29) is 0 Å². The van der Waals surface area contributed by atoms with E-state index in [9.17, 15) is 0 Å². The third-order valence-corrected chi connectivity index (χ3v) is 1.71. The van der Waals surface area contributed by atoms with Gasteiger partial charge in [-0.2, -0.15) is 0 Å². The molecule has 0 unspecified atom stereocenters. The minimum Gasteiger partial charge on any atom is -0.371 e. The molecule has 0 saturated carbocycles. The predicted molar refractivity (Wildman–Crippen MR) is 37.5 cm³/mol. The van der Waals surface area contributed by atoms with Crippen LogP contribution in [0.15, 0.2) is 18.3 Å². The smallest absolute Gasteiger partial charge is 0.105 e. The van der Waals surface area contributed by atoms with Crippen molar-refractivity contribution in [1.82, 2.24) is 4.57 Å². The van der Waals surface area contributed by atoms with Gasteiger partial charge in [-0.3, -0.25) is 0 Å². The van der Waals surface area contributed by atoms with Crippen LogP contribution in [0.4, 0.5) is 5.82 Å². The van der Waals surface area contributed by atoms with E-state index in [0.717, 1.165) is 6.54 Å². The monoisotopic (exact) mass is 122 g/mol. The summed E-state index contributed by atoms with van der Waals surface area (Å²) in [6.07, 6.45) is 3.36. The first-order valence-corrected chi connectivity index (χ1v) is 3.36. The van der Waals surface area contributed by atoms with Crippen molar-refractivity contribution in [2.45, 2.75) is 13.0 Å². The highest BCUT2D eigenvalue weighted by atomic mass is 15.1. The van der Waals surface area contributed by atoms with Crippen LogP contribution in [0.3, 0.4) is 0 Å². The summed E-state index contributed by atoms with van der Waals surface area (Å²) in [7, 11) is 0. The van der Waals surface area contributed by atoms with Gasteiger partial charge in [0.2, 0.25) is 0 Å². The van der Waals surface area contributed by atoms with E-state index >= 15 is 0 Å². The molecule has 0 bridgehead atoms. The summed E-state index contributed by atoms with van der Waals surface area (Å²) in [6.45, 7) is 2.30. The second kappa shape index (κ2) is 1.79. The van der Waals surface area contributed by atoms with Gasteiger partial charge >= 0.3 is 0 Å². The van der Waals surface area contributed by atoms with E-state index in [4.69, 9.17) is 0 Å². The van der Waals surface area contributed by atoms with Crippen molar-refractivity contribution in [3.63, 3.8) is 0 Å². The molecule has 1 aliphatic rings. The van der Waals surface area contributed by atoms with Gasteiger partial charge in [-0.05, 0) is 18.6 Å². The van der Waals surface area contributed by atoms with Gasteiger partial charge in [-0.1, -0.05) is 0 Å². The van der Waals surface area contributed by atoms with Crippen molar-refractivity contribution in [3.05, 3.63) is 18.3 Å². The molecule has 9 heavy (non-hydrogen) atoms. The number of hydrogen-bond acceptors (Lipinski definition) is 1. The number of aromatic nitrogens is 1. The Balaban J connectivity index is 2.39. The lowest BCUT2D eigenvalue weighted by Crippen LogP contribution is -2.15. The number of rotatable bonds is 0. The quantitative estimate of drug-likeness (QED) is 0.549. The summed E-state index contributed by atoms with van der Waals surface area (Å²) < 4.78 is 2.24. The lowest BCUT2D eigenvalue weighted by molar-refractivity contribution is 0.633. The van der Waals surface area contributed by atoms with Crippen LogP contribution < -0.4 is 5.32 Å². The normalized spacial score (nSPS) is 16.4. The molecule has 0 spiro atoms. The first-order chi connectivity index (χ1) is 4.47. The van der Waals surface area contributed by atoms with E-state index in [0.29, 0.717) is 0 Å². The molecule has 2 rings (SSSR count). The fraction of sp³-hybridized carbons (Fsp3) is 0.429. The SMILES string of the molecule is c1cc2n(c1)CCCN2. The molecule has 1 aliphatic heterocycles. The molecule has 48 valence electrons. The van der Waals surface area contributed by atoms with Gasteiger partial charge in [0.05, 0.1) is 0 Å². The molecule has 2 heterocycles. The maximum atomic E-state index is 3.31. The molecular weight excluding hydrogens is 112 g/mol. The van der Waals surface area contributed by atoms with Crippen molar-refractivity contribution in [2.75, 3.05) is 11.9 Å². The maximum absolute atomic E-state index is 3.31. The molecule has 2 nitrogen and oxygen atoms in total. The first-order valence-electron chi connectivity index (χ1n) is 3.36. The van der Waals surface area contributed by atoms with Crippen LogP contribution in [0.25, 0.3) is 0 Å². The largest absolute Gasteiger partial charge is 0.371 e. The fourth-order valence-electron chi connectivity index (χ4n) is 1.24. The van der Waals surface area contributed by atoms with Crippen LogP contribution in [-0.2, 0) is 6.54 Å². The second-order valence-corrected chi connectivity index (χ2v) is 2.37. The Kier molecular flexibility index (Phi) is 0.979. The van der Waals surface area contributed by atoms with Crippen LogP contribution in [0, 0.1) is 0 Å². The molecule has 0 atom stereocenters. The third-order valence-electron chi connectivity index (χ3n) is 1.71. The highest BCUT2D eigenvalue weighted by Crippen LogP contribution is 2.13. The average Bonchev–Trinajstić information content (AvgIpc) is 2.33. The highest BCUT2D eigenvalue weighted by Gasteiger charge is 2.03. The number of hydrogen-bond donors (Lipinski definition) is 1. The zero-order valence-corrected chi connectivity index (χ0v) is 5.30. The molecule has 0 fully saturated rings. The number of fused-ring (bicyclic) bond motifs is 1. The molecule has 0 saturated heterocycles.